The van der Waals surface area contributed by atoms with Gasteiger partial charge in [0.15, 0.2) is 0 Å². The number of esters is 1. The number of amides is 2. The summed E-state index contributed by atoms with van der Waals surface area (Å²) < 4.78 is 17.0. The number of alkyl carbamates (subject to hydrolysis) is 1. The van der Waals surface area contributed by atoms with E-state index in [1.54, 1.807) is 62.5 Å². The summed E-state index contributed by atoms with van der Waals surface area (Å²) in [6.45, 7) is 5.08. The number of rotatable bonds is 6. The van der Waals surface area contributed by atoms with Crippen molar-refractivity contribution in [1.82, 2.24) is 5.32 Å². The highest BCUT2D eigenvalue weighted by Crippen LogP contribution is 2.44. The number of methoxy groups -OCH3 is 1. The van der Waals surface area contributed by atoms with E-state index in [1.807, 2.05) is 36.4 Å². The van der Waals surface area contributed by atoms with Crippen LogP contribution in [0.15, 0.2) is 115 Å². The lowest BCUT2D eigenvalue weighted by Crippen LogP contribution is -2.43. The van der Waals surface area contributed by atoms with Crippen molar-refractivity contribution in [2.45, 2.75) is 63.9 Å². The summed E-state index contributed by atoms with van der Waals surface area (Å²) in [7, 11) is 1.47. The molecule has 2 bridgehead atoms. The number of phenolic OH excluding ortho intramolecular Hbond substituents is 2. The molecule has 3 aromatic carbocycles. The molecule has 5 N–H and O–H groups in total. The number of phenols is 2. The Bertz CT molecular complexity index is 1970. The van der Waals surface area contributed by atoms with Crippen molar-refractivity contribution < 1.29 is 43.9 Å². The van der Waals surface area contributed by atoms with Crippen LogP contribution in [0.2, 0.25) is 0 Å². The number of nitrogens with one attached hydrogen (secondary N) is 2. The predicted octanol–water partition coefficient (Wildman–Crippen LogP) is 7.31. The fourth-order valence-corrected chi connectivity index (χ4v) is 6.60. The average molecular weight is 749 g/mol. The van der Waals surface area contributed by atoms with Crippen LogP contribution in [-0.2, 0) is 23.8 Å². The van der Waals surface area contributed by atoms with Gasteiger partial charge < -0.3 is 40.2 Å². The molecule has 3 aromatic rings. The van der Waals surface area contributed by atoms with E-state index >= 15 is 0 Å². The third-order valence-corrected chi connectivity index (χ3v) is 9.74. The molecule has 11 nitrogen and oxygen atoms in total. The maximum Gasteiger partial charge on any atom is 0.407 e. The summed E-state index contributed by atoms with van der Waals surface area (Å²) in [5.74, 6) is -2.27. The van der Waals surface area contributed by atoms with E-state index in [9.17, 15) is 29.7 Å². The van der Waals surface area contributed by atoms with E-state index in [2.05, 4.69) is 22.8 Å². The van der Waals surface area contributed by atoms with E-state index in [0.717, 1.165) is 22.3 Å². The molecule has 0 saturated carbocycles. The van der Waals surface area contributed by atoms with Crippen molar-refractivity contribution in [3.05, 3.63) is 132 Å². The summed E-state index contributed by atoms with van der Waals surface area (Å²) in [6, 6.07) is 17.6. The molecule has 0 spiro atoms. The Labute approximate surface area is 321 Å². The number of hydrogen-bond donors (Lipinski definition) is 5. The Balaban J connectivity index is 1.29. The number of anilines is 1. The number of aromatic hydroxyl groups is 2. The molecule has 1 aliphatic heterocycles. The second kappa shape index (κ2) is 18.9. The molecule has 5 unspecified atom stereocenters. The minimum atomic E-state index is -1.05. The van der Waals surface area contributed by atoms with Gasteiger partial charge in [0.2, 0.25) is 5.91 Å². The number of aliphatic hydroxyl groups is 1. The van der Waals surface area contributed by atoms with Gasteiger partial charge in [0.25, 0.3) is 0 Å². The quantitative estimate of drug-likeness (QED) is 0.0988. The van der Waals surface area contributed by atoms with Gasteiger partial charge in [0.05, 0.1) is 24.3 Å². The fraction of sp³-hybridized carbons (Fsp3) is 0.295. The fourth-order valence-electron chi connectivity index (χ4n) is 6.60. The highest BCUT2D eigenvalue weighted by Gasteiger charge is 2.32. The van der Waals surface area contributed by atoms with E-state index in [4.69, 9.17) is 14.2 Å². The largest absolute Gasteiger partial charge is 0.508 e. The molecular formula is C44H48N2O9. The van der Waals surface area contributed by atoms with Crippen molar-refractivity contribution in [3.8, 4) is 22.6 Å². The van der Waals surface area contributed by atoms with Crippen molar-refractivity contribution in [3.63, 3.8) is 0 Å². The highest BCUT2D eigenvalue weighted by molar-refractivity contribution is 5.94. The van der Waals surface area contributed by atoms with Crippen LogP contribution >= 0.6 is 0 Å². The first-order valence-corrected chi connectivity index (χ1v) is 18.2. The van der Waals surface area contributed by atoms with Crippen molar-refractivity contribution in [2.75, 3.05) is 19.0 Å². The summed E-state index contributed by atoms with van der Waals surface area (Å²) >= 11 is 0. The van der Waals surface area contributed by atoms with Crippen LogP contribution in [0.25, 0.3) is 17.2 Å². The Hall–Kier alpha value is -5.91. The summed E-state index contributed by atoms with van der Waals surface area (Å²) in [5, 5.41) is 37.7. The van der Waals surface area contributed by atoms with Crippen LogP contribution in [0.1, 0.15) is 56.2 Å². The highest BCUT2D eigenvalue weighted by atomic mass is 16.6. The third kappa shape index (κ3) is 10.4. The normalized spacial score (nSPS) is 21.9. The molecule has 5 rings (SSSR count). The summed E-state index contributed by atoms with van der Waals surface area (Å²) in [6.07, 6.45) is 12.3. The molecule has 1 aliphatic carbocycles. The Morgan fingerprint density at radius 2 is 1.64 bits per heavy atom. The molecule has 0 fully saturated rings. The van der Waals surface area contributed by atoms with Gasteiger partial charge in [0.1, 0.15) is 30.3 Å². The van der Waals surface area contributed by atoms with Gasteiger partial charge in [-0.1, -0.05) is 110 Å². The maximum atomic E-state index is 13.4. The number of hydrogen-bond acceptors (Lipinski definition) is 9. The standard InChI is InChI=1S/C44H48N2O9/c1-27-15-14-16-30-23-31(47)24-38(42(30)50)46-40(48)25-32(53-4)17-8-6-5-7-9-22-39(28(2)41(27)49)55-43(51)29(3)45-44(52)54-26-37-35-20-12-10-18-33(35)34-19-11-13-21-36(34)37/h5-21,23-24,28-29,32,37,39,41,47,49-50H,22,25-26H2,1-4H3,(H,45,52)(H,46,48)/b6-5?,9-7?,16-14?,17-8?,27-15-. The Kier molecular flexibility index (Phi) is 13.9. The molecule has 0 radical (unpaired) electrons. The van der Waals surface area contributed by atoms with Gasteiger partial charge in [-0.2, -0.15) is 0 Å². The number of benzene rings is 3. The van der Waals surface area contributed by atoms with Gasteiger partial charge in [-0.25, -0.2) is 9.59 Å². The summed E-state index contributed by atoms with van der Waals surface area (Å²) in [4.78, 5) is 39.1. The lowest BCUT2D eigenvalue weighted by Gasteiger charge is -2.29. The zero-order valence-corrected chi connectivity index (χ0v) is 31.3. The van der Waals surface area contributed by atoms with Gasteiger partial charge >= 0.3 is 12.1 Å². The SMILES string of the molecule is COC1C=CC=CC=CCC(OC(=O)C(C)NC(=O)OCC2c3ccccc3-c3ccccc32)C(C)C(O)/C(C)=C\C=Cc2cc(O)cc(c2O)NC(=O)C1. The van der Waals surface area contributed by atoms with E-state index < -0.39 is 48.2 Å². The molecule has 2 aliphatic rings. The van der Waals surface area contributed by atoms with Gasteiger partial charge in [0, 0.05) is 37.0 Å². The van der Waals surface area contributed by atoms with Crippen LogP contribution in [-0.4, -0.2) is 71.4 Å². The average Bonchev–Trinajstić information content (AvgIpc) is 3.49. The Morgan fingerprint density at radius 1 is 0.964 bits per heavy atom. The third-order valence-electron chi connectivity index (χ3n) is 9.74. The van der Waals surface area contributed by atoms with E-state index in [0.29, 0.717) is 5.57 Å². The van der Waals surface area contributed by atoms with Crippen molar-refractivity contribution in [2.24, 2.45) is 5.92 Å². The maximum absolute atomic E-state index is 13.4. The zero-order valence-electron chi connectivity index (χ0n) is 31.3. The predicted molar refractivity (Wildman–Crippen MR) is 211 cm³/mol. The first kappa shape index (κ1) is 40.3. The van der Waals surface area contributed by atoms with E-state index in [-0.39, 0.29) is 48.1 Å². The van der Waals surface area contributed by atoms with Crippen molar-refractivity contribution in [1.29, 1.82) is 0 Å². The molecular weight excluding hydrogens is 700 g/mol. The van der Waals surface area contributed by atoms with Crippen LogP contribution < -0.4 is 10.6 Å². The van der Waals surface area contributed by atoms with Crippen molar-refractivity contribution >= 4 is 29.7 Å². The minimum absolute atomic E-state index is 0.0285. The van der Waals surface area contributed by atoms with Crippen LogP contribution in [0.5, 0.6) is 11.5 Å². The molecule has 11 heteroatoms. The number of fused-ring (bicyclic) bond motifs is 5. The second-order valence-corrected chi connectivity index (χ2v) is 13.6. The van der Waals surface area contributed by atoms with Crippen LogP contribution in [0.3, 0.4) is 0 Å². The molecule has 1 heterocycles. The minimum Gasteiger partial charge on any atom is -0.508 e. The smallest absolute Gasteiger partial charge is 0.407 e. The monoisotopic (exact) mass is 748 g/mol. The topological polar surface area (TPSA) is 164 Å². The van der Waals surface area contributed by atoms with Gasteiger partial charge in [-0.15, -0.1) is 0 Å². The van der Waals surface area contributed by atoms with Gasteiger partial charge in [-0.3, -0.25) is 4.79 Å². The van der Waals surface area contributed by atoms with E-state index in [1.165, 1.54) is 32.2 Å². The number of aliphatic hydroxyl groups excluding tert-OH is 1. The molecule has 5 atom stereocenters. The number of carbonyl (C=O) groups excluding carboxylic acids is 3. The first-order valence-electron chi connectivity index (χ1n) is 18.2. The summed E-state index contributed by atoms with van der Waals surface area (Å²) in [5.41, 5.74) is 5.15. The molecule has 0 saturated heterocycles. The number of allylic oxidation sites excluding steroid dienone is 6. The second-order valence-electron chi connectivity index (χ2n) is 13.6. The lowest BCUT2D eigenvalue weighted by atomic mass is 9.90. The molecule has 288 valence electrons. The molecule has 2 amide bonds. The molecule has 55 heavy (non-hydrogen) atoms. The Morgan fingerprint density at radius 3 is 2.33 bits per heavy atom. The lowest BCUT2D eigenvalue weighted by molar-refractivity contribution is -0.155. The van der Waals surface area contributed by atoms with Crippen LogP contribution in [0, 0.1) is 5.92 Å². The number of carbonyl (C=O) groups is 3. The zero-order chi connectivity index (χ0) is 39.5. The number of ether oxygens (including phenoxy) is 3. The van der Waals surface area contributed by atoms with Crippen LogP contribution in [0.4, 0.5) is 10.5 Å². The van der Waals surface area contributed by atoms with Gasteiger partial charge in [-0.05, 0) is 47.7 Å². The molecule has 0 aromatic heterocycles. The first-order chi connectivity index (χ1) is 26.5.